The number of hydrogen-bond donors (Lipinski definition) is 1. The van der Waals surface area contributed by atoms with Gasteiger partial charge in [0.25, 0.3) is 0 Å². The summed E-state index contributed by atoms with van der Waals surface area (Å²) in [6, 6.07) is 12.1. The van der Waals surface area contributed by atoms with E-state index in [1.807, 2.05) is 6.07 Å². The van der Waals surface area contributed by atoms with Crippen LogP contribution in [0.5, 0.6) is 5.75 Å². The highest BCUT2D eigenvalue weighted by Crippen LogP contribution is 2.45. The number of nitriles is 1. The highest BCUT2D eigenvalue weighted by atomic mass is 35.5. The number of piperidine rings is 1. The molecule has 7 nitrogen and oxygen atoms in total. The summed E-state index contributed by atoms with van der Waals surface area (Å²) in [5.74, 6) is 0.521. The number of sulfone groups is 1. The molecule has 2 aliphatic heterocycles. The molecule has 0 bridgehead atoms. The molecule has 1 fully saturated rings. The number of halogens is 1. The van der Waals surface area contributed by atoms with Crippen LogP contribution in [0.15, 0.2) is 41.3 Å². The fraction of sp³-hybridized carbons (Fsp3) is 0.364. The smallest absolute Gasteiger partial charge is 0.235 e. The summed E-state index contributed by atoms with van der Waals surface area (Å²) in [7, 11) is -3.38. The Hall–Kier alpha value is -2.60. The van der Waals surface area contributed by atoms with Gasteiger partial charge in [-0.25, -0.2) is 8.42 Å². The summed E-state index contributed by atoms with van der Waals surface area (Å²) in [5, 5.41) is 12.3. The molecule has 0 aromatic heterocycles. The summed E-state index contributed by atoms with van der Waals surface area (Å²) in [4.78, 5) is 15.1. The van der Waals surface area contributed by atoms with E-state index in [0.717, 1.165) is 30.6 Å². The van der Waals surface area contributed by atoms with Gasteiger partial charge in [-0.2, -0.15) is 5.26 Å². The minimum absolute atomic E-state index is 0.00842. The van der Waals surface area contributed by atoms with Crippen molar-refractivity contribution in [2.24, 2.45) is 0 Å². The van der Waals surface area contributed by atoms with Crippen molar-refractivity contribution in [3.05, 3.63) is 52.5 Å². The van der Waals surface area contributed by atoms with Crippen molar-refractivity contribution in [1.29, 1.82) is 5.26 Å². The maximum absolute atomic E-state index is 12.8. The van der Waals surface area contributed by atoms with Crippen molar-refractivity contribution >= 4 is 33.0 Å². The van der Waals surface area contributed by atoms with E-state index in [1.54, 1.807) is 18.2 Å². The van der Waals surface area contributed by atoms with Crippen LogP contribution < -0.4 is 10.1 Å². The number of benzene rings is 2. The van der Waals surface area contributed by atoms with Gasteiger partial charge in [0.1, 0.15) is 12.4 Å². The highest BCUT2D eigenvalue weighted by Gasteiger charge is 2.48. The van der Waals surface area contributed by atoms with Gasteiger partial charge in [0.05, 0.1) is 27.0 Å². The fourth-order valence-corrected chi connectivity index (χ4v) is 5.62. The standard InChI is InChI=1S/C22H22ClN3O4S/c1-31(28,29)20-5-3-16(13-18(20)23)30-11-10-26-8-6-22(7-9-26)17-12-15(14-24)2-4-19(17)25-21(22)27/h2-5,12-13H,6-11H2,1H3,(H,25,27). The molecular formula is C22H22ClN3O4S. The van der Waals surface area contributed by atoms with Crippen molar-refractivity contribution in [2.45, 2.75) is 23.2 Å². The molecule has 0 radical (unpaired) electrons. The van der Waals surface area contributed by atoms with Crippen molar-refractivity contribution in [1.82, 2.24) is 4.90 Å². The van der Waals surface area contributed by atoms with Crippen LogP contribution in [0.4, 0.5) is 5.69 Å². The molecular weight excluding hydrogens is 438 g/mol. The second-order valence-electron chi connectivity index (χ2n) is 7.96. The number of ether oxygens (including phenoxy) is 1. The molecule has 1 N–H and O–H groups in total. The lowest BCUT2D eigenvalue weighted by Crippen LogP contribution is -2.47. The number of nitrogens with one attached hydrogen (secondary N) is 1. The van der Waals surface area contributed by atoms with Crippen molar-refractivity contribution in [3.63, 3.8) is 0 Å². The van der Waals surface area contributed by atoms with Gasteiger partial charge < -0.3 is 10.1 Å². The van der Waals surface area contributed by atoms with Gasteiger partial charge in [-0.15, -0.1) is 0 Å². The molecule has 0 aliphatic carbocycles. The van der Waals surface area contributed by atoms with Crippen LogP contribution >= 0.6 is 11.6 Å². The first-order valence-electron chi connectivity index (χ1n) is 9.94. The van der Waals surface area contributed by atoms with Gasteiger partial charge >= 0.3 is 0 Å². The first-order chi connectivity index (χ1) is 14.7. The predicted molar refractivity (Wildman–Crippen MR) is 117 cm³/mol. The number of carbonyl (C=O) groups excluding carboxylic acids is 1. The van der Waals surface area contributed by atoms with Crippen LogP contribution in [-0.4, -0.2) is 51.7 Å². The number of hydrogen-bond acceptors (Lipinski definition) is 6. The molecule has 2 aromatic carbocycles. The van der Waals surface area contributed by atoms with Crippen LogP contribution in [0.25, 0.3) is 0 Å². The molecule has 31 heavy (non-hydrogen) atoms. The number of nitrogens with zero attached hydrogens (tertiary/aromatic N) is 2. The molecule has 4 rings (SSSR count). The lowest BCUT2D eigenvalue weighted by atomic mass is 9.73. The molecule has 1 amide bonds. The van der Waals surface area contributed by atoms with Crippen LogP contribution in [0.2, 0.25) is 5.02 Å². The monoisotopic (exact) mass is 459 g/mol. The summed E-state index contributed by atoms with van der Waals surface area (Å²) in [6.45, 7) is 2.57. The van der Waals surface area contributed by atoms with Crippen LogP contribution in [0, 0.1) is 11.3 Å². The molecule has 2 heterocycles. The van der Waals surface area contributed by atoms with Crippen LogP contribution in [0.1, 0.15) is 24.0 Å². The molecule has 2 aromatic rings. The maximum atomic E-state index is 12.8. The Morgan fingerprint density at radius 3 is 2.61 bits per heavy atom. The Balaban J connectivity index is 1.35. The molecule has 0 saturated carbocycles. The maximum Gasteiger partial charge on any atom is 0.235 e. The molecule has 1 spiro atoms. The van der Waals surface area contributed by atoms with E-state index < -0.39 is 15.3 Å². The third-order valence-electron chi connectivity index (χ3n) is 6.04. The number of amides is 1. The Labute approximate surface area is 186 Å². The Kier molecular flexibility index (Phi) is 5.69. The summed E-state index contributed by atoms with van der Waals surface area (Å²) in [5.41, 5.74) is 1.71. The lowest BCUT2D eigenvalue weighted by Gasteiger charge is -2.37. The third-order valence-corrected chi connectivity index (χ3v) is 7.62. The SMILES string of the molecule is CS(=O)(=O)c1ccc(OCCN2CCC3(CC2)C(=O)Nc2ccc(C#N)cc23)cc1Cl. The van der Waals surface area contributed by atoms with Gasteiger partial charge in [0, 0.05) is 24.6 Å². The van der Waals surface area contributed by atoms with Crippen molar-refractivity contribution in [2.75, 3.05) is 37.8 Å². The zero-order chi connectivity index (χ0) is 22.2. The number of fused-ring (bicyclic) bond motifs is 2. The number of anilines is 1. The zero-order valence-corrected chi connectivity index (χ0v) is 18.6. The van der Waals surface area contributed by atoms with E-state index in [0.29, 0.717) is 37.3 Å². The van der Waals surface area contributed by atoms with Crippen LogP contribution in [-0.2, 0) is 20.0 Å². The van der Waals surface area contributed by atoms with Gasteiger partial charge in [-0.05, 0) is 61.8 Å². The quantitative estimate of drug-likeness (QED) is 0.737. The minimum atomic E-state index is -3.38. The molecule has 2 aliphatic rings. The summed E-state index contributed by atoms with van der Waals surface area (Å²) < 4.78 is 29.0. The Morgan fingerprint density at radius 1 is 1.23 bits per heavy atom. The Bertz CT molecular complexity index is 1180. The highest BCUT2D eigenvalue weighted by molar-refractivity contribution is 7.90. The fourth-order valence-electron chi connectivity index (χ4n) is 4.30. The van der Waals surface area contributed by atoms with E-state index in [4.69, 9.17) is 16.3 Å². The number of rotatable bonds is 5. The van der Waals surface area contributed by atoms with Gasteiger partial charge in [0.2, 0.25) is 5.91 Å². The Morgan fingerprint density at radius 2 is 1.97 bits per heavy atom. The average molecular weight is 460 g/mol. The molecule has 162 valence electrons. The van der Waals surface area contributed by atoms with E-state index in [2.05, 4.69) is 16.3 Å². The lowest BCUT2D eigenvalue weighted by molar-refractivity contribution is -0.122. The van der Waals surface area contributed by atoms with E-state index >= 15 is 0 Å². The number of likely N-dealkylation sites (tertiary alicyclic amines) is 1. The van der Waals surface area contributed by atoms with E-state index in [1.165, 1.54) is 12.1 Å². The summed E-state index contributed by atoms with van der Waals surface area (Å²) >= 11 is 6.06. The first-order valence-corrected chi connectivity index (χ1v) is 12.2. The second kappa shape index (κ2) is 8.15. The summed E-state index contributed by atoms with van der Waals surface area (Å²) in [6.07, 6.45) is 2.47. The van der Waals surface area contributed by atoms with Crippen molar-refractivity contribution in [3.8, 4) is 11.8 Å². The predicted octanol–water partition coefficient (Wildman–Crippen LogP) is 2.98. The van der Waals surface area contributed by atoms with E-state index in [-0.39, 0.29) is 15.8 Å². The van der Waals surface area contributed by atoms with Gasteiger partial charge in [-0.1, -0.05) is 11.6 Å². The number of carbonyl (C=O) groups is 1. The largest absolute Gasteiger partial charge is 0.492 e. The molecule has 9 heteroatoms. The van der Waals surface area contributed by atoms with Crippen LogP contribution in [0.3, 0.4) is 0 Å². The third kappa shape index (κ3) is 4.13. The topological polar surface area (TPSA) is 99.5 Å². The zero-order valence-electron chi connectivity index (χ0n) is 17.0. The minimum Gasteiger partial charge on any atom is -0.492 e. The molecule has 1 saturated heterocycles. The van der Waals surface area contributed by atoms with Gasteiger partial charge in [-0.3, -0.25) is 9.69 Å². The first kappa shape index (κ1) is 21.6. The average Bonchev–Trinajstić information content (AvgIpc) is 2.99. The second-order valence-corrected chi connectivity index (χ2v) is 10.4. The molecule has 0 atom stereocenters. The normalized spacial score (nSPS) is 17.8. The van der Waals surface area contributed by atoms with E-state index in [9.17, 15) is 18.5 Å². The van der Waals surface area contributed by atoms with Gasteiger partial charge in [0.15, 0.2) is 9.84 Å². The van der Waals surface area contributed by atoms with Crippen molar-refractivity contribution < 1.29 is 17.9 Å². The molecule has 0 unspecified atom stereocenters.